The molecule has 1 aromatic carbocycles. The fourth-order valence-corrected chi connectivity index (χ4v) is 4.52. The van der Waals surface area contributed by atoms with Crippen molar-refractivity contribution < 1.29 is 18.7 Å². The highest BCUT2D eigenvalue weighted by Gasteiger charge is 2.21. The lowest BCUT2D eigenvalue weighted by molar-refractivity contribution is 0.0933. The van der Waals surface area contributed by atoms with Gasteiger partial charge in [0.1, 0.15) is 11.6 Å². The van der Waals surface area contributed by atoms with Crippen LogP contribution in [0.4, 0.5) is 10.3 Å². The number of rotatable bonds is 12. The number of piperidine rings is 1. The fourth-order valence-electron chi connectivity index (χ4n) is 4.52. The molecule has 9 nitrogen and oxygen atoms in total. The van der Waals surface area contributed by atoms with E-state index < -0.39 is 11.7 Å². The topological polar surface area (TPSA) is 94.4 Å². The summed E-state index contributed by atoms with van der Waals surface area (Å²) in [7, 11) is 1.54. The largest absolute Gasteiger partial charge is 0.493 e. The number of carbonyl (C=O) groups excluding carboxylic acids is 1. The number of hydrogen-bond acceptors (Lipinski definition) is 7. The van der Waals surface area contributed by atoms with Crippen molar-refractivity contribution in [3.63, 3.8) is 0 Å². The molecule has 0 unspecified atom stereocenters. The Bertz CT molecular complexity index is 1180. The molecule has 4 rings (SSSR count). The van der Waals surface area contributed by atoms with E-state index in [4.69, 9.17) is 9.47 Å². The van der Waals surface area contributed by atoms with Crippen LogP contribution in [-0.2, 0) is 4.74 Å². The van der Waals surface area contributed by atoms with Crippen LogP contribution in [0.25, 0.3) is 11.1 Å². The molecule has 38 heavy (non-hydrogen) atoms. The van der Waals surface area contributed by atoms with Gasteiger partial charge in [-0.25, -0.2) is 14.4 Å². The van der Waals surface area contributed by atoms with Crippen molar-refractivity contribution in [3.8, 4) is 16.9 Å². The van der Waals surface area contributed by atoms with Crippen LogP contribution in [-0.4, -0.2) is 65.6 Å². The van der Waals surface area contributed by atoms with Crippen LogP contribution in [0.3, 0.4) is 0 Å². The van der Waals surface area contributed by atoms with E-state index in [0.717, 1.165) is 55.8 Å². The van der Waals surface area contributed by atoms with Crippen LogP contribution in [0.5, 0.6) is 5.75 Å². The van der Waals surface area contributed by atoms with Crippen LogP contribution in [0.1, 0.15) is 55.9 Å². The zero-order valence-corrected chi connectivity index (χ0v) is 22.4. The Labute approximate surface area is 223 Å². The Kier molecular flexibility index (Phi) is 9.64. The zero-order chi connectivity index (χ0) is 26.9. The summed E-state index contributed by atoms with van der Waals surface area (Å²) in [6.07, 6.45) is 11.7. The zero-order valence-electron chi connectivity index (χ0n) is 22.4. The quantitative estimate of drug-likeness (QED) is 0.348. The Balaban J connectivity index is 1.16. The third-order valence-electron chi connectivity index (χ3n) is 6.80. The summed E-state index contributed by atoms with van der Waals surface area (Å²) >= 11 is 0. The molecule has 2 aromatic heterocycles. The Morgan fingerprint density at radius 2 is 1.89 bits per heavy atom. The molecule has 1 fully saturated rings. The van der Waals surface area contributed by atoms with Gasteiger partial charge in [0, 0.05) is 68.6 Å². The second-order valence-electron chi connectivity index (χ2n) is 9.89. The molecule has 1 amide bonds. The minimum atomic E-state index is -0.592. The predicted molar refractivity (Wildman–Crippen MR) is 144 cm³/mol. The fraction of sp³-hybridized carbons (Fsp3) is 0.500. The number of benzene rings is 1. The lowest BCUT2D eigenvalue weighted by Gasteiger charge is -2.32. The molecule has 3 heterocycles. The lowest BCUT2D eigenvalue weighted by Crippen LogP contribution is -2.34. The number of halogens is 1. The summed E-state index contributed by atoms with van der Waals surface area (Å²) in [5.41, 5.74) is 1.99. The summed E-state index contributed by atoms with van der Waals surface area (Å²) in [6.45, 7) is 7.27. The molecule has 1 aliphatic heterocycles. The molecule has 0 bridgehead atoms. The minimum absolute atomic E-state index is 0.000994. The number of hydrogen-bond donors (Lipinski definition) is 1. The van der Waals surface area contributed by atoms with Crippen LogP contribution >= 0.6 is 0 Å². The van der Waals surface area contributed by atoms with Gasteiger partial charge < -0.3 is 19.7 Å². The molecule has 0 saturated carbocycles. The second kappa shape index (κ2) is 13.3. The molecule has 1 aliphatic rings. The van der Waals surface area contributed by atoms with Crippen LogP contribution in [0.15, 0.2) is 43.0 Å². The SMILES string of the molecule is COCCNC(=O)c1ccc(OCCCC2CCN(c3ncc(-c4cnn(C(C)C)c4)cn3)CC2)cc1F. The van der Waals surface area contributed by atoms with E-state index in [1.54, 1.807) is 13.2 Å². The van der Waals surface area contributed by atoms with Crippen molar-refractivity contribution in [1.29, 1.82) is 0 Å². The van der Waals surface area contributed by atoms with E-state index in [2.05, 4.69) is 39.1 Å². The monoisotopic (exact) mass is 524 g/mol. The molecule has 0 radical (unpaired) electrons. The highest BCUT2D eigenvalue weighted by molar-refractivity contribution is 5.94. The Hall–Kier alpha value is -3.53. The van der Waals surface area contributed by atoms with Gasteiger partial charge in [-0.3, -0.25) is 9.48 Å². The Morgan fingerprint density at radius 3 is 2.55 bits per heavy atom. The molecule has 0 atom stereocenters. The summed E-state index contributed by atoms with van der Waals surface area (Å²) in [5, 5.41) is 7.01. The van der Waals surface area contributed by atoms with Crippen molar-refractivity contribution in [3.05, 3.63) is 54.4 Å². The second-order valence-corrected chi connectivity index (χ2v) is 9.89. The first-order valence-electron chi connectivity index (χ1n) is 13.3. The molecule has 1 N–H and O–H groups in total. The first-order valence-corrected chi connectivity index (χ1v) is 13.3. The van der Waals surface area contributed by atoms with E-state index >= 15 is 0 Å². The lowest BCUT2D eigenvalue weighted by atomic mass is 9.92. The average Bonchev–Trinajstić information content (AvgIpc) is 3.43. The van der Waals surface area contributed by atoms with Gasteiger partial charge >= 0.3 is 0 Å². The van der Waals surface area contributed by atoms with Gasteiger partial charge in [0.2, 0.25) is 5.95 Å². The number of nitrogens with one attached hydrogen (secondary N) is 1. The summed E-state index contributed by atoms with van der Waals surface area (Å²) in [6, 6.07) is 4.67. The van der Waals surface area contributed by atoms with E-state index in [9.17, 15) is 9.18 Å². The van der Waals surface area contributed by atoms with E-state index in [1.807, 2.05) is 29.5 Å². The van der Waals surface area contributed by atoms with Gasteiger partial charge in [-0.15, -0.1) is 0 Å². The van der Waals surface area contributed by atoms with E-state index in [1.165, 1.54) is 12.1 Å². The van der Waals surface area contributed by atoms with E-state index in [-0.39, 0.29) is 5.56 Å². The Morgan fingerprint density at radius 1 is 1.13 bits per heavy atom. The number of carbonyl (C=O) groups is 1. The van der Waals surface area contributed by atoms with Crippen LogP contribution in [0, 0.1) is 11.7 Å². The third kappa shape index (κ3) is 7.28. The van der Waals surface area contributed by atoms with Crippen molar-refractivity contribution in [2.75, 3.05) is 44.9 Å². The van der Waals surface area contributed by atoms with Gasteiger partial charge in [0.15, 0.2) is 0 Å². The van der Waals surface area contributed by atoms with Gasteiger partial charge in [0.25, 0.3) is 5.91 Å². The maximum absolute atomic E-state index is 14.3. The van der Waals surface area contributed by atoms with E-state index in [0.29, 0.717) is 37.5 Å². The van der Waals surface area contributed by atoms with Gasteiger partial charge in [-0.05, 0) is 57.6 Å². The number of amides is 1. The standard InChI is InChI=1S/C28H37FN6O3/c1-20(2)35-19-23(18-33-35)22-16-31-28(32-17-22)34-11-8-21(9-12-34)5-4-13-38-24-6-7-25(26(29)15-24)27(36)30-10-14-37-3/h6-7,15-21H,4-5,8-14H2,1-3H3,(H,30,36). The molecular formula is C28H37FN6O3. The molecule has 10 heteroatoms. The minimum Gasteiger partial charge on any atom is -0.493 e. The van der Waals surface area contributed by atoms with Crippen molar-refractivity contribution >= 4 is 11.9 Å². The predicted octanol–water partition coefficient (Wildman–Crippen LogP) is 4.51. The average molecular weight is 525 g/mol. The molecule has 0 aliphatic carbocycles. The molecule has 204 valence electrons. The molecule has 1 saturated heterocycles. The highest BCUT2D eigenvalue weighted by Crippen LogP contribution is 2.26. The summed E-state index contributed by atoms with van der Waals surface area (Å²) in [4.78, 5) is 23.5. The van der Waals surface area contributed by atoms with Crippen molar-refractivity contribution in [2.24, 2.45) is 5.92 Å². The number of ether oxygens (including phenoxy) is 2. The van der Waals surface area contributed by atoms with Crippen LogP contribution < -0.4 is 15.0 Å². The van der Waals surface area contributed by atoms with Crippen molar-refractivity contribution in [2.45, 2.75) is 45.6 Å². The maximum atomic E-state index is 14.3. The number of methoxy groups -OCH3 is 1. The van der Waals surface area contributed by atoms with Gasteiger partial charge in [-0.2, -0.15) is 5.10 Å². The summed E-state index contributed by atoms with van der Waals surface area (Å²) < 4.78 is 26.9. The number of anilines is 1. The number of aromatic nitrogens is 4. The van der Waals surface area contributed by atoms with Crippen LogP contribution in [0.2, 0.25) is 0 Å². The highest BCUT2D eigenvalue weighted by atomic mass is 19.1. The van der Waals surface area contributed by atoms with Crippen molar-refractivity contribution in [1.82, 2.24) is 25.1 Å². The first kappa shape index (κ1) is 27.5. The molecular weight excluding hydrogens is 487 g/mol. The molecule has 3 aromatic rings. The maximum Gasteiger partial charge on any atom is 0.254 e. The number of nitrogens with zero attached hydrogens (tertiary/aromatic N) is 5. The normalized spacial score (nSPS) is 14.2. The molecule has 0 spiro atoms. The summed E-state index contributed by atoms with van der Waals surface area (Å²) in [5.74, 6) is 0.765. The third-order valence-corrected chi connectivity index (χ3v) is 6.80. The first-order chi connectivity index (χ1) is 18.4. The van der Waals surface area contributed by atoms with Gasteiger partial charge in [-0.1, -0.05) is 0 Å². The smallest absolute Gasteiger partial charge is 0.254 e. The van der Waals surface area contributed by atoms with Gasteiger partial charge in [0.05, 0.1) is 25.0 Å².